The Kier molecular flexibility index (Phi) is 4.06. The van der Waals surface area contributed by atoms with Crippen LogP contribution in [0.2, 0.25) is 0 Å². The van der Waals surface area contributed by atoms with Gasteiger partial charge in [0.2, 0.25) is 0 Å². The number of rotatable bonds is 1. The molecule has 150 valence electrons. The fraction of sp³-hybridized carbons (Fsp3) is 0.870. The topological polar surface area (TPSA) is 59.1 Å². The number of thiazole rings is 1. The molecular formula is C23H36N2OS. The summed E-state index contributed by atoms with van der Waals surface area (Å²) in [5.41, 5.74) is 7.67. The van der Waals surface area contributed by atoms with Gasteiger partial charge in [-0.3, -0.25) is 0 Å². The number of fused-ring (bicyclic) bond motifs is 5. The molecule has 0 radical (unpaired) electrons. The molecule has 0 aromatic carbocycles. The molecule has 27 heavy (non-hydrogen) atoms. The summed E-state index contributed by atoms with van der Waals surface area (Å²) in [5.74, 6) is 3.93. The van der Waals surface area contributed by atoms with E-state index in [1.165, 1.54) is 50.6 Å². The highest BCUT2D eigenvalue weighted by atomic mass is 32.1. The Morgan fingerprint density at radius 3 is 2.52 bits per heavy atom. The fourth-order valence-corrected chi connectivity index (χ4v) is 8.99. The van der Waals surface area contributed by atoms with Crippen molar-refractivity contribution < 1.29 is 5.11 Å². The minimum absolute atomic E-state index is 0.408. The first kappa shape index (κ1) is 18.4. The molecule has 1 heterocycles. The molecule has 4 saturated carbocycles. The monoisotopic (exact) mass is 388 g/mol. The van der Waals surface area contributed by atoms with Gasteiger partial charge in [0.25, 0.3) is 0 Å². The fourth-order valence-electron chi connectivity index (χ4n) is 8.38. The van der Waals surface area contributed by atoms with Crippen LogP contribution in [0.3, 0.4) is 0 Å². The van der Waals surface area contributed by atoms with Crippen molar-refractivity contribution in [2.45, 2.75) is 90.1 Å². The van der Waals surface area contributed by atoms with Crippen LogP contribution in [0, 0.1) is 34.5 Å². The molecule has 4 fully saturated rings. The maximum absolute atomic E-state index is 10.7. The number of nitrogen functional groups attached to an aromatic ring is 1. The van der Waals surface area contributed by atoms with Crippen LogP contribution in [0.5, 0.6) is 0 Å². The van der Waals surface area contributed by atoms with Gasteiger partial charge in [-0.05, 0) is 99.2 Å². The van der Waals surface area contributed by atoms with E-state index in [1.807, 2.05) is 0 Å². The Balaban J connectivity index is 1.42. The van der Waals surface area contributed by atoms with Gasteiger partial charge in [0.15, 0.2) is 5.13 Å². The second-order valence-corrected chi connectivity index (χ2v) is 12.0. The van der Waals surface area contributed by atoms with Crippen molar-refractivity contribution in [2.75, 3.05) is 5.73 Å². The number of hydrogen-bond donors (Lipinski definition) is 2. The lowest BCUT2D eigenvalue weighted by Crippen LogP contribution is -2.55. The Labute approximate surface area is 168 Å². The molecule has 8 atom stereocenters. The normalized spacial score (nSPS) is 52.1. The number of anilines is 1. The predicted molar refractivity (Wildman–Crippen MR) is 112 cm³/mol. The van der Waals surface area contributed by atoms with Crippen molar-refractivity contribution in [2.24, 2.45) is 34.5 Å². The summed E-state index contributed by atoms with van der Waals surface area (Å²) in [4.78, 5) is 4.70. The Hall–Kier alpha value is -0.610. The zero-order valence-electron chi connectivity index (χ0n) is 17.2. The van der Waals surface area contributed by atoms with E-state index < -0.39 is 5.60 Å². The van der Waals surface area contributed by atoms with E-state index in [2.05, 4.69) is 26.2 Å². The highest BCUT2D eigenvalue weighted by Crippen LogP contribution is 2.69. The van der Waals surface area contributed by atoms with Gasteiger partial charge in [0.05, 0.1) is 11.3 Å². The number of aliphatic hydroxyl groups is 1. The molecule has 4 aliphatic rings. The van der Waals surface area contributed by atoms with Gasteiger partial charge in [-0.2, -0.15) is 0 Å². The molecule has 5 rings (SSSR count). The third-order valence-corrected chi connectivity index (χ3v) is 10.5. The smallest absolute Gasteiger partial charge is 0.180 e. The average Bonchev–Trinajstić information content (AvgIpc) is 3.18. The van der Waals surface area contributed by atoms with Crippen LogP contribution in [0.4, 0.5) is 5.13 Å². The van der Waals surface area contributed by atoms with Crippen LogP contribution in [-0.2, 0) is 0 Å². The van der Waals surface area contributed by atoms with E-state index in [0.29, 0.717) is 16.7 Å². The van der Waals surface area contributed by atoms with E-state index in [0.717, 1.165) is 41.6 Å². The van der Waals surface area contributed by atoms with Gasteiger partial charge >= 0.3 is 0 Å². The SMILES string of the molecule is CC1(O)CCC2(C)C(CCC3C2CCC2(C)C(c4csc(N)n4)CCC32)C1. The summed E-state index contributed by atoms with van der Waals surface area (Å²) in [5, 5.41) is 13.6. The van der Waals surface area contributed by atoms with E-state index in [-0.39, 0.29) is 0 Å². The Bertz CT molecular complexity index is 730. The first-order valence-electron chi connectivity index (χ1n) is 11.2. The molecule has 0 bridgehead atoms. The van der Waals surface area contributed by atoms with E-state index in [4.69, 9.17) is 10.7 Å². The molecule has 1 aromatic rings. The van der Waals surface area contributed by atoms with Crippen LogP contribution in [0.25, 0.3) is 0 Å². The van der Waals surface area contributed by atoms with Gasteiger partial charge in [0, 0.05) is 11.3 Å². The van der Waals surface area contributed by atoms with E-state index in [1.54, 1.807) is 11.3 Å². The van der Waals surface area contributed by atoms with Crippen LogP contribution >= 0.6 is 11.3 Å². The molecule has 3 N–H and O–H groups in total. The molecule has 0 spiro atoms. The lowest BCUT2D eigenvalue weighted by atomic mass is 9.44. The molecule has 0 amide bonds. The second kappa shape index (κ2) is 5.95. The van der Waals surface area contributed by atoms with Crippen molar-refractivity contribution in [1.82, 2.24) is 4.98 Å². The van der Waals surface area contributed by atoms with Crippen molar-refractivity contribution in [3.8, 4) is 0 Å². The second-order valence-electron chi connectivity index (χ2n) is 11.1. The van der Waals surface area contributed by atoms with Gasteiger partial charge in [-0.15, -0.1) is 11.3 Å². The zero-order chi connectivity index (χ0) is 19.0. The number of hydrogen-bond acceptors (Lipinski definition) is 4. The number of aromatic nitrogens is 1. The quantitative estimate of drug-likeness (QED) is 0.658. The van der Waals surface area contributed by atoms with E-state index >= 15 is 0 Å². The average molecular weight is 389 g/mol. The van der Waals surface area contributed by atoms with Crippen LogP contribution in [0.1, 0.15) is 90.2 Å². The molecule has 0 aliphatic heterocycles. The van der Waals surface area contributed by atoms with Gasteiger partial charge < -0.3 is 10.8 Å². The highest BCUT2D eigenvalue weighted by molar-refractivity contribution is 7.13. The number of nitrogens with two attached hydrogens (primary N) is 1. The lowest BCUT2D eigenvalue weighted by molar-refractivity contribution is -0.143. The summed E-state index contributed by atoms with van der Waals surface area (Å²) < 4.78 is 0. The van der Waals surface area contributed by atoms with Crippen molar-refractivity contribution in [1.29, 1.82) is 0 Å². The summed E-state index contributed by atoms with van der Waals surface area (Å²) in [6.07, 6.45) is 11.3. The third kappa shape index (κ3) is 2.65. The molecule has 4 heteroatoms. The van der Waals surface area contributed by atoms with Crippen LogP contribution in [0.15, 0.2) is 5.38 Å². The lowest BCUT2D eigenvalue weighted by Gasteiger charge is -2.61. The standard InChI is InChI=1S/C23H36N2OS/c1-21(26)10-11-22(2)14(12-21)4-5-15-16-6-7-18(19-13-27-20(24)25-19)23(16,3)9-8-17(15)22/h13-18,26H,4-12H2,1-3H3,(H2,24,25). The number of nitrogens with zero attached hydrogens (tertiary/aromatic N) is 1. The molecular weight excluding hydrogens is 352 g/mol. The summed E-state index contributed by atoms with van der Waals surface area (Å²) in [6.45, 7) is 7.22. The Morgan fingerprint density at radius 1 is 1.00 bits per heavy atom. The zero-order valence-corrected chi connectivity index (χ0v) is 18.0. The van der Waals surface area contributed by atoms with Gasteiger partial charge in [-0.1, -0.05) is 13.8 Å². The maximum Gasteiger partial charge on any atom is 0.180 e. The molecule has 4 aliphatic carbocycles. The summed E-state index contributed by atoms with van der Waals surface area (Å²) in [7, 11) is 0. The predicted octanol–water partition coefficient (Wildman–Crippen LogP) is 5.60. The first-order chi connectivity index (χ1) is 12.7. The molecule has 1 aromatic heterocycles. The third-order valence-electron chi connectivity index (χ3n) is 9.85. The van der Waals surface area contributed by atoms with Crippen molar-refractivity contribution in [3.05, 3.63) is 11.1 Å². The van der Waals surface area contributed by atoms with Crippen LogP contribution < -0.4 is 5.73 Å². The first-order valence-corrected chi connectivity index (χ1v) is 12.0. The highest BCUT2D eigenvalue weighted by Gasteiger charge is 2.61. The largest absolute Gasteiger partial charge is 0.390 e. The Morgan fingerprint density at radius 2 is 1.78 bits per heavy atom. The molecule has 3 nitrogen and oxygen atoms in total. The van der Waals surface area contributed by atoms with Gasteiger partial charge in [-0.25, -0.2) is 4.98 Å². The van der Waals surface area contributed by atoms with E-state index in [9.17, 15) is 5.11 Å². The summed E-state index contributed by atoms with van der Waals surface area (Å²) in [6, 6.07) is 0. The van der Waals surface area contributed by atoms with Crippen molar-refractivity contribution >= 4 is 16.5 Å². The van der Waals surface area contributed by atoms with Crippen LogP contribution in [-0.4, -0.2) is 15.7 Å². The van der Waals surface area contributed by atoms with Gasteiger partial charge in [0.1, 0.15) is 0 Å². The van der Waals surface area contributed by atoms with Crippen molar-refractivity contribution in [3.63, 3.8) is 0 Å². The minimum atomic E-state index is -0.427. The minimum Gasteiger partial charge on any atom is -0.390 e. The summed E-state index contributed by atoms with van der Waals surface area (Å²) >= 11 is 1.61. The maximum atomic E-state index is 10.7. The molecule has 8 unspecified atom stereocenters. The molecule has 0 saturated heterocycles.